The Morgan fingerprint density at radius 3 is 2.76 bits per heavy atom. The van der Waals surface area contributed by atoms with Crippen molar-refractivity contribution in [1.29, 1.82) is 0 Å². The Kier molecular flexibility index (Phi) is 6.33. The van der Waals surface area contributed by atoms with Gasteiger partial charge >= 0.3 is 0 Å². The molecule has 4 heteroatoms. The van der Waals surface area contributed by atoms with E-state index in [4.69, 9.17) is 14.2 Å². The third-order valence-electron chi connectivity index (χ3n) is 4.22. The number of benzene rings is 1. The third-order valence-corrected chi connectivity index (χ3v) is 4.22. The lowest BCUT2D eigenvalue weighted by molar-refractivity contribution is 0.00862. The van der Waals surface area contributed by atoms with Crippen LogP contribution in [0.2, 0.25) is 0 Å². The van der Waals surface area contributed by atoms with E-state index >= 15 is 0 Å². The second kappa shape index (κ2) is 8.25. The highest BCUT2D eigenvalue weighted by molar-refractivity contribution is 5.42. The van der Waals surface area contributed by atoms with Crippen molar-refractivity contribution in [1.82, 2.24) is 5.32 Å². The average Bonchev–Trinajstić information content (AvgIpc) is 2.56. The molecule has 2 rings (SSSR count). The van der Waals surface area contributed by atoms with E-state index in [1.165, 1.54) is 24.8 Å². The second-order valence-electron chi connectivity index (χ2n) is 5.52. The van der Waals surface area contributed by atoms with E-state index in [1.807, 2.05) is 19.2 Å². The van der Waals surface area contributed by atoms with Gasteiger partial charge in [0.15, 0.2) is 0 Å². The maximum atomic E-state index is 5.82. The zero-order chi connectivity index (χ0) is 15.1. The van der Waals surface area contributed by atoms with Gasteiger partial charge in [-0.25, -0.2) is 0 Å². The SMILES string of the molecule is CNC(CCC1CCCCO1)c1ccc(OC)cc1OC. The zero-order valence-electron chi connectivity index (χ0n) is 13.4. The van der Waals surface area contributed by atoms with Crippen LogP contribution in [0, 0.1) is 0 Å². The molecule has 21 heavy (non-hydrogen) atoms. The molecular weight excluding hydrogens is 266 g/mol. The summed E-state index contributed by atoms with van der Waals surface area (Å²) in [5, 5.41) is 3.39. The standard InChI is InChI=1S/C17H27NO3/c1-18-16(10-8-13-6-4-5-11-21-13)15-9-7-14(19-2)12-17(15)20-3/h7,9,12-13,16,18H,4-6,8,10-11H2,1-3H3. The fourth-order valence-electron chi connectivity index (χ4n) is 2.95. The van der Waals surface area contributed by atoms with Crippen molar-refractivity contribution in [3.05, 3.63) is 23.8 Å². The number of rotatable bonds is 7. The summed E-state index contributed by atoms with van der Waals surface area (Å²) >= 11 is 0. The first-order valence-electron chi connectivity index (χ1n) is 7.79. The molecule has 118 valence electrons. The summed E-state index contributed by atoms with van der Waals surface area (Å²) in [6.45, 7) is 0.917. The molecule has 0 saturated carbocycles. The van der Waals surface area contributed by atoms with Crippen molar-refractivity contribution < 1.29 is 14.2 Å². The van der Waals surface area contributed by atoms with E-state index in [9.17, 15) is 0 Å². The summed E-state index contributed by atoms with van der Waals surface area (Å²) in [5.41, 5.74) is 1.18. The van der Waals surface area contributed by atoms with Gasteiger partial charge in [0.1, 0.15) is 11.5 Å². The molecule has 1 saturated heterocycles. The zero-order valence-corrected chi connectivity index (χ0v) is 13.4. The average molecular weight is 293 g/mol. The molecule has 1 aromatic rings. The van der Waals surface area contributed by atoms with Gasteiger partial charge in [-0.2, -0.15) is 0 Å². The largest absolute Gasteiger partial charge is 0.497 e. The predicted molar refractivity (Wildman–Crippen MR) is 84.2 cm³/mol. The highest BCUT2D eigenvalue weighted by Crippen LogP contribution is 2.32. The second-order valence-corrected chi connectivity index (χ2v) is 5.52. The molecule has 2 unspecified atom stereocenters. The van der Waals surface area contributed by atoms with E-state index in [2.05, 4.69) is 11.4 Å². The molecule has 0 aliphatic carbocycles. The molecule has 0 aromatic heterocycles. The Balaban J connectivity index is 2.02. The topological polar surface area (TPSA) is 39.7 Å². The third kappa shape index (κ3) is 4.35. The highest BCUT2D eigenvalue weighted by Gasteiger charge is 2.19. The van der Waals surface area contributed by atoms with Crippen LogP contribution in [-0.2, 0) is 4.74 Å². The van der Waals surface area contributed by atoms with Crippen molar-refractivity contribution in [3.63, 3.8) is 0 Å². The van der Waals surface area contributed by atoms with Crippen molar-refractivity contribution in [2.45, 2.75) is 44.2 Å². The number of ether oxygens (including phenoxy) is 3. The minimum Gasteiger partial charge on any atom is -0.497 e. The molecule has 1 heterocycles. The van der Waals surface area contributed by atoms with Crippen LogP contribution in [0.25, 0.3) is 0 Å². The smallest absolute Gasteiger partial charge is 0.127 e. The lowest BCUT2D eigenvalue weighted by atomic mass is 9.96. The maximum absolute atomic E-state index is 5.82. The fourth-order valence-corrected chi connectivity index (χ4v) is 2.95. The van der Waals surface area contributed by atoms with Crippen LogP contribution in [-0.4, -0.2) is 34.0 Å². The lowest BCUT2D eigenvalue weighted by Gasteiger charge is -2.25. The molecule has 1 aromatic carbocycles. The highest BCUT2D eigenvalue weighted by atomic mass is 16.5. The molecule has 0 bridgehead atoms. The number of methoxy groups -OCH3 is 2. The van der Waals surface area contributed by atoms with Crippen LogP contribution in [0.3, 0.4) is 0 Å². The molecule has 1 aliphatic heterocycles. The Morgan fingerprint density at radius 2 is 2.14 bits per heavy atom. The minimum atomic E-state index is 0.274. The first kappa shape index (κ1) is 16.1. The van der Waals surface area contributed by atoms with Crippen LogP contribution < -0.4 is 14.8 Å². The van der Waals surface area contributed by atoms with Gasteiger partial charge in [-0.1, -0.05) is 6.07 Å². The number of hydrogen-bond acceptors (Lipinski definition) is 4. The van der Waals surface area contributed by atoms with E-state index in [0.29, 0.717) is 6.10 Å². The predicted octanol–water partition coefficient (Wildman–Crippen LogP) is 3.31. The lowest BCUT2D eigenvalue weighted by Crippen LogP contribution is -2.23. The van der Waals surface area contributed by atoms with Crippen LogP contribution in [0.1, 0.15) is 43.7 Å². The first-order valence-corrected chi connectivity index (χ1v) is 7.79. The molecule has 1 aliphatic rings. The van der Waals surface area contributed by atoms with Gasteiger partial charge in [-0.3, -0.25) is 0 Å². The Hall–Kier alpha value is -1.26. The van der Waals surface area contributed by atoms with Gasteiger partial charge < -0.3 is 19.5 Å². The van der Waals surface area contributed by atoms with Gasteiger partial charge in [-0.15, -0.1) is 0 Å². The summed E-state index contributed by atoms with van der Waals surface area (Å²) < 4.78 is 16.6. The molecule has 0 amide bonds. The molecule has 0 radical (unpaired) electrons. The molecular formula is C17H27NO3. The van der Waals surface area contributed by atoms with Gasteiger partial charge in [-0.05, 0) is 45.2 Å². The van der Waals surface area contributed by atoms with Crippen molar-refractivity contribution in [2.75, 3.05) is 27.9 Å². The monoisotopic (exact) mass is 293 g/mol. The first-order chi connectivity index (χ1) is 10.3. The van der Waals surface area contributed by atoms with Crippen LogP contribution in [0.15, 0.2) is 18.2 Å². The van der Waals surface area contributed by atoms with E-state index < -0.39 is 0 Å². The summed E-state index contributed by atoms with van der Waals surface area (Å²) in [6.07, 6.45) is 6.23. The van der Waals surface area contributed by atoms with Crippen LogP contribution in [0.5, 0.6) is 11.5 Å². The number of nitrogens with one attached hydrogen (secondary N) is 1. The Bertz CT molecular complexity index is 430. The molecule has 1 fully saturated rings. The maximum Gasteiger partial charge on any atom is 0.127 e. The quantitative estimate of drug-likeness (QED) is 0.837. The van der Waals surface area contributed by atoms with Gasteiger partial charge in [0.05, 0.1) is 20.3 Å². The number of hydrogen-bond donors (Lipinski definition) is 1. The van der Waals surface area contributed by atoms with E-state index in [-0.39, 0.29) is 6.04 Å². The van der Waals surface area contributed by atoms with Crippen LogP contribution >= 0.6 is 0 Å². The van der Waals surface area contributed by atoms with Crippen molar-refractivity contribution >= 4 is 0 Å². The summed E-state index contributed by atoms with van der Waals surface area (Å²) in [7, 11) is 5.37. The molecule has 2 atom stereocenters. The van der Waals surface area contributed by atoms with Crippen LogP contribution in [0.4, 0.5) is 0 Å². The summed E-state index contributed by atoms with van der Waals surface area (Å²) in [5.74, 6) is 1.69. The Morgan fingerprint density at radius 1 is 1.29 bits per heavy atom. The van der Waals surface area contributed by atoms with E-state index in [0.717, 1.165) is 30.9 Å². The van der Waals surface area contributed by atoms with Gasteiger partial charge in [0.2, 0.25) is 0 Å². The summed E-state index contributed by atoms with van der Waals surface area (Å²) in [4.78, 5) is 0. The fraction of sp³-hybridized carbons (Fsp3) is 0.647. The van der Waals surface area contributed by atoms with Gasteiger partial charge in [0, 0.05) is 24.3 Å². The van der Waals surface area contributed by atoms with Gasteiger partial charge in [0.25, 0.3) is 0 Å². The van der Waals surface area contributed by atoms with Crippen molar-refractivity contribution in [3.8, 4) is 11.5 Å². The molecule has 1 N–H and O–H groups in total. The molecule has 4 nitrogen and oxygen atoms in total. The van der Waals surface area contributed by atoms with Crippen molar-refractivity contribution in [2.24, 2.45) is 0 Å². The molecule has 0 spiro atoms. The minimum absolute atomic E-state index is 0.274. The van der Waals surface area contributed by atoms with E-state index in [1.54, 1.807) is 14.2 Å². The summed E-state index contributed by atoms with van der Waals surface area (Å²) in [6, 6.07) is 6.28. The normalized spacial score (nSPS) is 20.0. The Labute approximate surface area is 127 Å².